The fourth-order valence-electron chi connectivity index (χ4n) is 2.16. The zero-order valence-corrected chi connectivity index (χ0v) is 10.9. The maximum absolute atomic E-state index is 11.7. The lowest BCUT2D eigenvalue weighted by atomic mass is 9.88. The molecule has 1 rings (SSSR count). The molecule has 1 saturated carbocycles. The van der Waals surface area contributed by atoms with Crippen molar-refractivity contribution in [3.8, 4) is 0 Å². The van der Waals surface area contributed by atoms with E-state index in [2.05, 4.69) is 11.9 Å². The van der Waals surface area contributed by atoms with Gasteiger partial charge in [-0.1, -0.05) is 6.42 Å². The molecule has 1 aliphatic rings. The summed E-state index contributed by atoms with van der Waals surface area (Å²) in [5, 5.41) is 0. The van der Waals surface area contributed by atoms with E-state index in [-0.39, 0.29) is 5.92 Å². The first kappa shape index (κ1) is 13.7. The number of nitrogens with zero attached hydrogens (tertiary/aromatic N) is 1. The molecule has 3 nitrogen and oxygen atoms in total. The summed E-state index contributed by atoms with van der Waals surface area (Å²) in [4.78, 5) is 13.9. The van der Waals surface area contributed by atoms with Crippen LogP contribution in [0, 0.1) is 5.92 Å². The van der Waals surface area contributed by atoms with Gasteiger partial charge in [0.1, 0.15) is 5.78 Å². The van der Waals surface area contributed by atoms with E-state index in [0.717, 1.165) is 39.0 Å². The Labute approximate surface area is 99.1 Å². The fourth-order valence-corrected chi connectivity index (χ4v) is 2.16. The van der Waals surface area contributed by atoms with E-state index in [9.17, 15) is 4.79 Å². The first-order chi connectivity index (χ1) is 7.59. The third-order valence-electron chi connectivity index (χ3n) is 3.14. The van der Waals surface area contributed by atoms with E-state index in [4.69, 9.17) is 4.74 Å². The van der Waals surface area contributed by atoms with Gasteiger partial charge in [0, 0.05) is 25.4 Å². The van der Waals surface area contributed by atoms with Crippen LogP contribution in [-0.4, -0.2) is 43.5 Å². The minimum atomic E-state index is 0.276. The Balaban J connectivity index is 2.17. The van der Waals surface area contributed by atoms with Gasteiger partial charge in [-0.05, 0) is 33.7 Å². The molecule has 1 unspecified atom stereocenters. The Morgan fingerprint density at radius 2 is 2.19 bits per heavy atom. The third-order valence-corrected chi connectivity index (χ3v) is 3.14. The van der Waals surface area contributed by atoms with E-state index in [1.165, 1.54) is 6.42 Å². The van der Waals surface area contributed by atoms with Crippen LogP contribution in [0.1, 0.15) is 39.5 Å². The van der Waals surface area contributed by atoms with Crippen LogP contribution in [0.3, 0.4) is 0 Å². The van der Waals surface area contributed by atoms with Crippen molar-refractivity contribution in [2.75, 3.05) is 26.7 Å². The smallest absolute Gasteiger partial charge is 0.137 e. The van der Waals surface area contributed by atoms with Crippen LogP contribution in [-0.2, 0) is 9.53 Å². The van der Waals surface area contributed by atoms with Crippen molar-refractivity contribution in [1.82, 2.24) is 4.90 Å². The second-order valence-corrected chi connectivity index (χ2v) is 5.09. The van der Waals surface area contributed by atoms with E-state index >= 15 is 0 Å². The number of hydrogen-bond donors (Lipinski definition) is 0. The van der Waals surface area contributed by atoms with Gasteiger partial charge in [-0.3, -0.25) is 4.79 Å². The molecule has 0 amide bonds. The molecule has 0 spiro atoms. The standard InChI is InChI=1S/C13H25NO2/c1-11(2)16-9-8-14(3)10-12-6-4-5-7-13(12)15/h11-12H,4-10H2,1-3H3. The van der Waals surface area contributed by atoms with E-state index in [1.807, 2.05) is 13.8 Å². The number of rotatable bonds is 6. The molecule has 94 valence electrons. The second kappa shape index (κ2) is 7.02. The van der Waals surface area contributed by atoms with Gasteiger partial charge >= 0.3 is 0 Å². The second-order valence-electron chi connectivity index (χ2n) is 5.09. The fraction of sp³-hybridized carbons (Fsp3) is 0.923. The average Bonchev–Trinajstić information content (AvgIpc) is 2.21. The van der Waals surface area contributed by atoms with Gasteiger partial charge in [0.25, 0.3) is 0 Å². The molecule has 1 aliphatic carbocycles. The highest BCUT2D eigenvalue weighted by Crippen LogP contribution is 2.20. The number of hydrogen-bond acceptors (Lipinski definition) is 3. The first-order valence-corrected chi connectivity index (χ1v) is 6.42. The molecule has 0 aromatic carbocycles. The zero-order valence-electron chi connectivity index (χ0n) is 10.9. The number of carbonyl (C=O) groups is 1. The SMILES string of the molecule is CC(C)OCCN(C)CC1CCCCC1=O. The highest BCUT2D eigenvalue weighted by atomic mass is 16.5. The Morgan fingerprint density at radius 3 is 2.81 bits per heavy atom. The monoisotopic (exact) mass is 227 g/mol. The van der Waals surface area contributed by atoms with Gasteiger partial charge in [0.2, 0.25) is 0 Å². The molecule has 0 aromatic heterocycles. The highest BCUT2D eigenvalue weighted by molar-refractivity contribution is 5.81. The summed E-state index contributed by atoms with van der Waals surface area (Å²) in [5.74, 6) is 0.737. The number of ether oxygens (including phenoxy) is 1. The van der Waals surface area contributed by atoms with Crippen LogP contribution in [0.2, 0.25) is 0 Å². The Bertz CT molecular complexity index is 216. The van der Waals surface area contributed by atoms with Crippen molar-refractivity contribution >= 4 is 5.78 Å². The highest BCUT2D eigenvalue weighted by Gasteiger charge is 2.23. The Hall–Kier alpha value is -0.410. The maximum Gasteiger partial charge on any atom is 0.137 e. The van der Waals surface area contributed by atoms with Crippen molar-refractivity contribution in [2.45, 2.75) is 45.6 Å². The van der Waals surface area contributed by atoms with Crippen LogP contribution < -0.4 is 0 Å². The molecule has 0 saturated heterocycles. The maximum atomic E-state index is 11.7. The zero-order chi connectivity index (χ0) is 12.0. The van der Waals surface area contributed by atoms with E-state index in [0.29, 0.717) is 11.9 Å². The van der Waals surface area contributed by atoms with E-state index in [1.54, 1.807) is 0 Å². The molecule has 0 aliphatic heterocycles. The predicted octanol–water partition coefficient (Wildman–Crippen LogP) is 2.10. The Morgan fingerprint density at radius 1 is 1.44 bits per heavy atom. The lowest BCUT2D eigenvalue weighted by molar-refractivity contribution is -0.125. The largest absolute Gasteiger partial charge is 0.377 e. The van der Waals surface area contributed by atoms with Crippen LogP contribution in [0.4, 0.5) is 0 Å². The topological polar surface area (TPSA) is 29.5 Å². The molecule has 1 atom stereocenters. The van der Waals surface area contributed by atoms with Gasteiger partial charge in [-0.25, -0.2) is 0 Å². The van der Waals surface area contributed by atoms with Crippen molar-refractivity contribution in [3.63, 3.8) is 0 Å². The van der Waals surface area contributed by atoms with Crippen LogP contribution >= 0.6 is 0 Å². The summed E-state index contributed by atoms with van der Waals surface area (Å²) in [6.07, 6.45) is 4.47. The minimum Gasteiger partial charge on any atom is -0.377 e. The molecule has 0 aromatic rings. The number of carbonyl (C=O) groups excluding carboxylic acids is 1. The van der Waals surface area contributed by atoms with Crippen LogP contribution in [0.15, 0.2) is 0 Å². The number of likely N-dealkylation sites (N-methyl/N-ethyl adjacent to an activating group) is 1. The number of ketones is 1. The molecule has 0 radical (unpaired) electrons. The van der Waals surface area contributed by atoms with Gasteiger partial charge in [-0.2, -0.15) is 0 Å². The molecule has 3 heteroatoms. The number of Topliss-reactive ketones (excluding diaryl/α,β-unsaturated/α-hetero) is 1. The summed E-state index contributed by atoms with van der Waals surface area (Å²) in [6.45, 7) is 6.67. The molecule has 16 heavy (non-hydrogen) atoms. The summed E-state index contributed by atoms with van der Waals surface area (Å²) >= 11 is 0. The van der Waals surface area contributed by atoms with Gasteiger partial charge in [0.05, 0.1) is 12.7 Å². The molecule has 1 fully saturated rings. The normalized spacial score (nSPS) is 22.1. The minimum absolute atomic E-state index is 0.276. The molecular weight excluding hydrogens is 202 g/mol. The average molecular weight is 227 g/mol. The predicted molar refractivity (Wildman–Crippen MR) is 65.6 cm³/mol. The van der Waals surface area contributed by atoms with Crippen molar-refractivity contribution < 1.29 is 9.53 Å². The van der Waals surface area contributed by atoms with Gasteiger partial charge < -0.3 is 9.64 Å². The summed E-state index contributed by atoms with van der Waals surface area (Å²) in [5.41, 5.74) is 0. The Kier molecular flexibility index (Phi) is 5.99. The molecule has 0 N–H and O–H groups in total. The van der Waals surface area contributed by atoms with Crippen LogP contribution in [0.5, 0.6) is 0 Å². The van der Waals surface area contributed by atoms with Crippen molar-refractivity contribution in [2.24, 2.45) is 5.92 Å². The van der Waals surface area contributed by atoms with Gasteiger partial charge in [0.15, 0.2) is 0 Å². The summed E-state index contributed by atoms with van der Waals surface area (Å²) in [6, 6.07) is 0. The molecular formula is C13H25NO2. The van der Waals surface area contributed by atoms with E-state index < -0.39 is 0 Å². The summed E-state index contributed by atoms with van der Waals surface area (Å²) < 4.78 is 5.50. The van der Waals surface area contributed by atoms with Crippen molar-refractivity contribution in [1.29, 1.82) is 0 Å². The molecule has 0 heterocycles. The molecule has 0 bridgehead atoms. The van der Waals surface area contributed by atoms with Gasteiger partial charge in [-0.15, -0.1) is 0 Å². The van der Waals surface area contributed by atoms with Crippen LogP contribution in [0.25, 0.3) is 0 Å². The lowest BCUT2D eigenvalue weighted by Gasteiger charge is -2.26. The summed E-state index contributed by atoms with van der Waals surface area (Å²) in [7, 11) is 2.07. The lowest BCUT2D eigenvalue weighted by Crippen LogP contribution is -2.34. The third kappa shape index (κ3) is 5.08. The van der Waals surface area contributed by atoms with Crippen molar-refractivity contribution in [3.05, 3.63) is 0 Å². The quantitative estimate of drug-likeness (QED) is 0.696. The first-order valence-electron chi connectivity index (χ1n) is 6.42.